The van der Waals surface area contributed by atoms with E-state index in [1.807, 2.05) is 0 Å². The number of amides is 1. The van der Waals surface area contributed by atoms with Crippen molar-refractivity contribution in [3.05, 3.63) is 53.4 Å². The summed E-state index contributed by atoms with van der Waals surface area (Å²) in [6.45, 7) is 0.450. The Morgan fingerprint density at radius 1 is 1.32 bits per heavy atom. The first kappa shape index (κ1) is 21.0. The molecule has 1 amide bonds. The SMILES string of the molecule is Cn1nc(C(F)(F)F)cc1C(=O)NC(c1nc(-c2cccc(F)c2)no1)C1CCCO1. The van der Waals surface area contributed by atoms with Crippen LogP contribution in [0.4, 0.5) is 17.6 Å². The largest absolute Gasteiger partial charge is 0.435 e. The maximum absolute atomic E-state index is 13.5. The molecular weight excluding hydrogens is 422 g/mol. The van der Waals surface area contributed by atoms with E-state index in [1.165, 1.54) is 25.2 Å². The maximum atomic E-state index is 13.5. The molecule has 1 aromatic carbocycles. The third kappa shape index (κ3) is 4.43. The zero-order chi connectivity index (χ0) is 22.2. The number of hydrogen-bond donors (Lipinski definition) is 1. The molecule has 1 fully saturated rings. The summed E-state index contributed by atoms with van der Waals surface area (Å²) in [6.07, 6.45) is -3.90. The van der Waals surface area contributed by atoms with Gasteiger partial charge in [0.1, 0.15) is 17.6 Å². The van der Waals surface area contributed by atoms with E-state index in [0.29, 0.717) is 24.7 Å². The van der Waals surface area contributed by atoms with Gasteiger partial charge >= 0.3 is 6.18 Å². The number of aryl methyl sites for hydroxylation is 1. The number of carbonyl (C=O) groups excluding carboxylic acids is 1. The van der Waals surface area contributed by atoms with Gasteiger partial charge in [0.05, 0.1) is 6.10 Å². The minimum absolute atomic E-state index is 0.00211. The zero-order valence-corrected chi connectivity index (χ0v) is 16.2. The molecule has 3 aromatic rings. The lowest BCUT2D eigenvalue weighted by atomic mass is 10.1. The zero-order valence-electron chi connectivity index (χ0n) is 16.2. The first-order valence-electron chi connectivity index (χ1n) is 9.35. The predicted octanol–water partition coefficient (Wildman–Crippen LogP) is 3.28. The van der Waals surface area contributed by atoms with Crippen molar-refractivity contribution in [2.75, 3.05) is 6.61 Å². The average Bonchev–Trinajstić information content (AvgIpc) is 3.46. The highest BCUT2D eigenvalue weighted by molar-refractivity contribution is 5.93. The summed E-state index contributed by atoms with van der Waals surface area (Å²) < 4.78 is 64.0. The van der Waals surface area contributed by atoms with Gasteiger partial charge in [-0.1, -0.05) is 17.3 Å². The standard InChI is InChI=1S/C19H17F4N5O3/c1-28-12(9-14(26-28)19(21,22)23)17(29)24-15(13-6-3-7-30-13)18-25-16(27-31-18)10-4-2-5-11(20)8-10/h2,4-5,8-9,13,15H,3,6-7H2,1H3,(H,24,29). The summed E-state index contributed by atoms with van der Waals surface area (Å²) in [4.78, 5) is 17.0. The van der Waals surface area contributed by atoms with Gasteiger partial charge in [0, 0.05) is 25.3 Å². The average molecular weight is 439 g/mol. The van der Waals surface area contributed by atoms with Crippen molar-refractivity contribution >= 4 is 5.91 Å². The number of halogens is 4. The van der Waals surface area contributed by atoms with Crippen molar-refractivity contribution in [1.29, 1.82) is 0 Å². The first-order valence-corrected chi connectivity index (χ1v) is 9.35. The van der Waals surface area contributed by atoms with E-state index >= 15 is 0 Å². The van der Waals surface area contributed by atoms with E-state index in [2.05, 4.69) is 20.6 Å². The summed E-state index contributed by atoms with van der Waals surface area (Å²) in [5.41, 5.74) is -1.10. The third-order valence-electron chi connectivity index (χ3n) is 4.82. The molecule has 0 aliphatic carbocycles. The Kier molecular flexibility index (Phi) is 5.48. The molecule has 0 spiro atoms. The number of alkyl halides is 3. The summed E-state index contributed by atoms with van der Waals surface area (Å²) in [5.74, 6) is -1.19. The second-order valence-corrected chi connectivity index (χ2v) is 7.01. The topological polar surface area (TPSA) is 95.1 Å². The van der Waals surface area contributed by atoms with Crippen LogP contribution in [0.2, 0.25) is 0 Å². The van der Waals surface area contributed by atoms with Gasteiger partial charge in [0.2, 0.25) is 5.82 Å². The Labute approximate surface area is 173 Å². The number of nitrogens with zero attached hydrogens (tertiary/aromatic N) is 4. The monoisotopic (exact) mass is 439 g/mol. The molecule has 0 saturated carbocycles. The molecule has 2 unspecified atom stereocenters. The molecule has 31 heavy (non-hydrogen) atoms. The summed E-state index contributed by atoms with van der Waals surface area (Å²) in [6, 6.07) is 5.32. The van der Waals surface area contributed by atoms with Crippen molar-refractivity contribution in [2.24, 2.45) is 7.05 Å². The van der Waals surface area contributed by atoms with E-state index in [1.54, 1.807) is 6.07 Å². The van der Waals surface area contributed by atoms with Crippen LogP contribution in [0.3, 0.4) is 0 Å². The first-order chi connectivity index (χ1) is 14.7. The fraction of sp³-hybridized carbons (Fsp3) is 0.368. The lowest BCUT2D eigenvalue weighted by molar-refractivity contribution is -0.141. The fourth-order valence-electron chi connectivity index (χ4n) is 3.32. The molecule has 164 valence electrons. The van der Waals surface area contributed by atoms with Gasteiger partial charge in [-0.25, -0.2) is 4.39 Å². The lowest BCUT2D eigenvalue weighted by Crippen LogP contribution is -2.37. The van der Waals surface area contributed by atoms with Gasteiger partial charge in [0.25, 0.3) is 11.8 Å². The Balaban J connectivity index is 1.61. The molecular formula is C19H17F4N5O3. The molecule has 1 aliphatic heterocycles. The summed E-state index contributed by atoms with van der Waals surface area (Å²) in [7, 11) is 1.24. The van der Waals surface area contributed by atoms with Gasteiger partial charge in [-0.2, -0.15) is 23.3 Å². The molecule has 3 heterocycles. The van der Waals surface area contributed by atoms with E-state index in [9.17, 15) is 22.4 Å². The Morgan fingerprint density at radius 3 is 2.77 bits per heavy atom. The summed E-state index contributed by atoms with van der Waals surface area (Å²) in [5, 5.41) is 9.78. The Morgan fingerprint density at radius 2 is 2.13 bits per heavy atom. The van der Waals surface area contributed by atoms with E-state index < -0.39 is 35.7 Å². The van der Waals surface area contributed by atoms with Crippen molar-refractivity contribution < 1.29 is 31.6 Å². The van der Waals surface area contributed by atoms with Gasteiger partial charge in [0.15, 0.2) is 5.69 Å². The van der Waals surface area contributed by atoms with E-state index in [4.69, 9.17) is 9.26 Å². The molecule has 0 radical (unpaired) electrons. The Hall–Kier alpha value is -3.28. The number of hydrogen-bond acceptors (Lipinski definition) is 6. The normalized spacial score (nSPS) is 17.6. The fourth-order valence-corrected chi connectivity index (χ4v) is 3.32. The second-order valence-electron chi connectivity index (χ2n) is 7.01. The van der Waals surface area contributed by atoms with E-state index in [0.717, 1.165) is 11.1 Å². The maximum Gasteiger partial charge on any atom is 0.435 e. The van der Waals surface area contributed by atoms with Crippen LogP contribution in [0.25, 0.3) is 11.4 Å². The van der Waals surface area contributed by atoms with Crippen LogP contribution in [0.5, 0.6) is 0 Å². The third-order valence-corrected chi connectivity index (χ3v) is 4.82. The number of nitrogens with one attached hydrogen (secondary N) is 1. The van der Waals surface area contributed by atoms with Gasteiger partial charge in [-0.05, 0) is 25.0 Å². The molecule has 1 N–H and O–H groups in total. The molecule has 1 aliphatic rings. The van der Waals surface area contributed by atoms with Gasteiger partial charge in [-0.15, -0.1) is 0 Å². The number of aromatic nitrogens is 4. The quantitative estimate of drug-likeness (QED) is 0.613. The molecule has 1 saturated heterocycles. The molecule has 2 aromatic heterocycles. The molecule has 0 bridgehead atoms. The number of carbonyl (C=O) groups is 1. The van der Waals surface area contributed by atoms with Crippen molar-refractivity contribution in [2.45, 2.75) is 31.2 Å². The van der Waals surface area contributed by atoms with Crippen LogP contribution in [-0.4, -0.2) is 38.5 Å². The smallest absolute Gasteiger partial charge is 0.376 e. The minimum atomic E-state index is -4.68. The van der Waals surface area contributed by atoms with E-state index in [-0.39, 0.29) is 17.4 Å². The second kappa shape index (κ2) is 8.10. The van der Waals surface area contributed by atoms with Crippen LogP contribution in [-0.2, 0) is 18.0 Å². The van der Waals surface area contributed by atoms with Crippen LogP contribution >= 0.6 is 0 Å². The molecule has 8 nitrogen and oxygen atoms in total. The lowest BCUT2D eigenvalue weighted by Gasteiger charge is -2.20. The molecule has 4 rings (SSSR count). The van der Waals surface area contributed by atoms with Crippen molar-refractivity contribution in [3.63, 3.8) is 0 Å². The highest BCUT2D eigenvalue weighted by Gasteiger charge is 2.37. The highest BCUT2D eigenvalue weighted by Crippen LogP contribution is 2.30. The van der Waals surface area contributed by atoms with Gasteiger partial charge in [-0.3, -0.25) is 9.48 Å². The molecule has 12 heteroatoms. The van der Waals surface area contributed by atoms with Crippen LogP contribution < -0.4 is 5.32 Å². The van der Waals surface area contributed by atoms with Crippen molar-refractivity contribution in [3.8, 4) is 11.4 Å². The number of benzene rings is 1. The van der Waals surface area contributed by atoms with Crippen LogP contribution in [0.1, 0.15) is 41.0 Å². The Bertz CT molecular complexity index is 1090. The van der Waals surface area contributed by atoms with Gasteiger partial charge < -0.3 is 14.6 Å². The van der Waals surface area contributed by atoms with Crippen LogP contribution in [0, 0.1) is 5.82 Å². The minimum Gasteiger partial charge on any atom is -0.376 e. The molecule has 2 atom stereocenters. The van der Waals surface area contributed by atoms with Crippen molar-refractivity contribution in [1.82, 2.24) is 25.2 Å². The van der Waals surface area contributed by atoms with Crippen LogP contribution in [0.15, 0.2) is 34.9 Å². The highest BCUT2D eigenvalue weighted by atomic mass is 19.4. The number of ether oxygens (including phenoxy) is 1. The summed E-state index contributed by atoms with van der Waals surface area (Å²) >= 11 is 0. The number of rotatable bonds is 5. The predicted molar refractivity (Wildman–Crippen MR) is 97.1 cm³/mol.